The average Bonchev–Trinajstić information content (AvgIpc) is 2.96. The first-order valence-electron chi connectivity index (χ1n) is 7.49. The van der Waals surface area contributed by atoms with E-state index in [0.29, 0.717) is 0 Å². The van der Waals surface area contributed by atoms with Gasteiger partial charge in [-0.05, 0) is 54.4 Å². The van der Waals surface area contributed by atoms with E-state index < -0.39 is 0 Å². The highest BCUT2D eigenvalue weighted by Crippen LogP contribution is 2.23. The van der Waals surface area contributed by atoms with Gasteiger partial charge < -0.3 is 15.1 Å². The number of piperazine rings is 1. The molecule has 21 heavy (non-hydrogen) atoms. The van der Waals surface area contributed by atoms with E-state index in [9.17, 15) is 4.79 Å². The molecule has 1 aromatic heterocycles. The summed E-state index contributed by atoms with van der Waals surface area (Å²) in [5.74, 6) is 1.24. The number of carbonyl (C=O) groups excluding carboxylic acids is 1. The van der Waals surface area contributed by atoms with Crippen LogP contribution in [0.25, 0.3) is 0 Å². The third-order valence-electron chi connectivity index (χ3n) is 4.44. The van der Waals surface area contributed by atoms with Crippen molar-refractivity contribution in [3.05, 3.63) is 22.8 Å². The van der Waals surface area contributed by atoms with Gasteiger partial charge in [-0.25, -0.2) is 4.98 Å². The van der Waals surface area contributed by atoms with Gasteiger partial charge >= 0.3 is 0 Å². The fourth-order valence-corrected chi connectivity index (χ4v) is 3.35. The lowest BCUT2D eigenvalue weighted by molar-refractivity contribution is -0.137. The van der Waals surface area contributed by atoms with Crippen LogP contribution in [-0.4, -0.2) is 54.1 Å². The quantitative estimate of drug-likeness (QED) is 0.878. The summed E-state index contributed by atoms with van der Waals surface area (Å²) in [7, 11) is 0. The summed E-state index contributed by atoms with van der Waals surface area (Å²) in [6.45, 7) is 6.21. The van der Waals surface area contributed by atoms with Crippen molar-refractivity contribution in [2.24, 2.45) is 0 Å². The van der Waals surface area contributed by atoms with Crippen LogP contribution in [0.4, 0.5) is 5.82 Å². The monoisotopic (exact) mass is 352 g/mol. The minimum atomic E-state index is -0.349. The lowest BCUT2D eigenvalue weighted by Gasteiger charge is -2.39. The van der Waals surface area contributed by atoms with Gasteiger partial charge in [0.25, 0.3) is 0 Å². The lowest BCUT2D eigenvalue weighted by atomic mass is 9.98. The van der Waals surface area contributed by atoms with Crippen molar-refractivity contribution in [3.8, 4) is 0 Å². The van der Waals surface area contributed by atoms with Crippen LogP contribution >= 0.6 is 15.9 Å². The molecular formula is C15H21BrN4O. The molecule has 1 N–H and O–H groups in total. The van der Waals surface area contributed by atoms with Crippen LogP contribution in [0.15, 0.2) is 22.8 Å². The molecule has 0 spiro atoms. The number of hydrogen-bond acceptors (Lipinski definition) is 4. The number of halogens is 1. The zero-order valence-electron chi connectivity index (χ0n) is 12.3. The molecule has 2 saturated heterocycles. The van der Waals surface area contributed by atoms with E-state index >= 15 is 0 Å². The van der Waals surface area contributed by atoms with Crippen molar-refractivity contribution in [1.82, 2.24) is 15.2 Å². The number of hydrogen-bond donors (Lipinski definition) is 1. The van der Waals surface area contributed by atoms with Crippen molar-refractivity contribution in [2.75, 3.05) is 37.6 Å². The number of nitrogens with one attached hydrogen (secondary N) is 1. The van der Waals surface area contributed by atoms with Gasteiger partial charge in [-0.3, -0.25) is 4.79 Å². The molecule has 2 aliphatic rings. The highest BCUT2D eigenvalue weighted by atomic mass is 79.9. The first-order valence-corrected chi connectivity index (χ1v) is 8.29. The molecule has 2 aliphatic heterocycles. The molecule has 0 bridgehead atoms. The Kier molecular flexibility index (Phi) is 4.17. The zero-order valence-corrected chi connectivity index (χ0v) is 13.9. The first-order chi connectivity index (χ1) is 10.1. The third kappa shape index (κ3) is 3.06. The van der Waals surface area contributed by atoms with E-state index in [1.807, 2.05) is 30.2 Å². The molecular weight excluding hydrogens is 332 g/mol. The smallest absolute Gasteiger partial charge is 0.242 e. The molecule has 1 unspecified atom stereocenters. The molecule has 0 aliphatic carbocycles. The summed E-state index contributed by atoms with van der Waals surface area (Å²) in [6.07, 6.45) is 3.85. The Morgan fingerprint density at radius 1 is 1.33 bits per heavy atom. The Morgan fingerprint density at radius 2 is 2.10 bits per heavy atom. The maximum Gasteiger partial charge on any atom is 0.242 e. The molecule has 5 nitrogen and oxygen atoms in total. The Morgan fingerprint density at radius 3 is 2.67 bits per heavy atom. The maximum atomic E-state index is 12.6. The molecule has 3 heterocycles. The summed E-state index contributed by atoms with van der Waals surface area (Å²) in [6, 6.07) is 4.02. The number of nitrogens with zero attached hydrogens (tertiary/aromatic N) is 3. The van der Waals surface area contributed by atoms with Crippen LogP contribution in [0.1, 0.15) is 19.8 Å². The van der Waals surface area contributed by atoms with E-state index in [4.69, 9.17) is 0 Å². The molecule has 6 heteroatoms. The Hall–Kier alpha value is -1.14. The van der Waals surface area contributed by atoms with E-state index in [2.05, 4.69) is 31.1 Å². The predicted molar refractivity (Wildman–Crippen MR) is 86.4 cm³/mol. The van der Waals surface area contributed by atoms with E-state index in [0.717, 1.165) is 55.9 Å². The summed E-state index contributed by atoms with van der Waals surface area (Å²) in [4.78, 5) is 21.3. The number of aromatic nitrogens is 1. The van der Waals surface area contributed by atoms with E-state index in [1.165, 1.54) is 0 Å². The van der Waals surface area contributed by atoms with Crippen molar-refractivity contribution in [1.29, 1.82) is 0 Å². The van der Waals surface area contributed by atoms with Crippen molar-refractivity contribution >= 4 is 27.7 Å². The van der Waals surface area contributed by atoms with Gasteiger partial charge in [0.2, 0.25) is 5.91 Å². The van der Waals surface area contributed by atoms with Crippen LogP contribution in [0.5, 0.6) is 0 Å². The summed E-state index contributed by atoms with van der Waals surface area (Å²) in [5.41, 5.74) is -0.349. The van der Waals surface area contributed by atoms with Crippen LogP contribution in [0.3, 0.4) is 0 Å². The standard InChI is InChI=1S/C15H21BrN4O/c1-15(5-2-6-18-15)14(21)20-9-7-19(8-10-20)13-4-3-12(16)11-17-13/h3-4,11,18H,2,5-10H2,1H3. The minimum Gasteiger partial charge on any atom is -0.353 e. The first kappa shape index (κ1) is 14.8. The summed E-state index contributed by atoms with van der Waals surface area (Å²) in [5, 5.41) is 3.36. The predicted octanol–water partition coefficient (Wildman–Crippen LogP) is 1.63. The summed E-state index contributed by atoms with van der Waals surface area (Å²) < 4.78 is 0.986. The van der Waals surface area contributed by atoms with Crippen LogP contribution in [0.2, 0.25) is 0 Å². The SMILES string of the molecule is CC1(C(=O)N2CCN(c3ccc(Br)cn3)CC2)CCCN1. The number of amides is 1. The van der Waals surface area contributed by atoms with Crippen LogP contribution < -0.4 is 10.2 Å². The highest BCUT2D eigenvalue weighted by Gasteiger charge is 2.39. The molecule has 0 radical (unpaired) electrons. The van der Waals surface area contributed by atoms with Crippen molar-refractivity contribution < 1.29 is 4.79 Å². The minimum absolute atomic E-state index is 0.253. The van der Waals surface area contributed by atoms with Gasteiger partial charge in [0.1, 0.15) is 5.82 Å². The molecule has 114 valence electrons. The van der Waals surface area contributed by atoms with E-state index in [1.54, 1.807) is 0 Å². The maximum absolute atomic E-state index is 12.6. The Balaban J connectivity index is 1.60. The summed E-state index contributed by atoms with van der Waals surface area (Å²) >= 11 is 3.40. The fraction of sp³-hybridized carbons (Fsp3) is 0.600. The normalized spacial score (nSPS) is 26.2. The third-order valence-corrected chi connectivity index (χ3v) is 4.91. The van der Waals surface area contributed by atoms with Crippen LogP contribution in [-0.2, 0) is 4.79 Å². The lowest BCUT2D eigenvalue weighted by Crippen LogP contribution is -2.58. The van der Waals surface area contributed by atoms with Crippen molar-refractivity contribution in [3.63, 3.8) is 0 Å². The van der Waals surface area contributed by atoms with Crippen LogP contribution in [0, 0.1) is 0 Å². The van der Waals surface area contributed by atoms with Gasteiger partial charge in [-0.1, -0.05) is 0 Å². The van der Waals surface area contributed by atoms with Gasteiger partial charge in [-0.2, -0.15) is 0 Å². The molecule has 1 aromatic rings. The number of anilines is 1. The van der Waals surface area contributed by atoms with Gasteiger partial charge in [0, 0.05) is 36.8 Å². The van der Waals surface area contributed by atoms with E-state index in [-0.39, 0.29) is 11.4 Å². The van der Waals surface area contributed by atoms with Gasteiger partial charge in [0.15, 0.2) is 0 Å². The molecule has 0 saturated carbocycles. The number of pyridine rings is 1. The number of rotatable bonds is 2. The Bertz CT molecular complexity index is 505. The second kappa shape index (κ2) is 5.93. The van der Waals surface area contributed by atoms with Crippen molar-refractivity contribution in [2.45, 2.75) is 25.3 Å². The number of carbonyl (C=O) groups is 1. The molecule has 0 aromatic carbocycles. The highest BCUT2D eigenvalue weighted by molar-refractivity contribution is 9.10. The fourth-order valence-electron chi connectivity index (χ4n) is 3.12. The van der Waals surface area contributed by atoms with Gasteiger partial charge in [0.05, 0.1) is 5.54 Å². The molecule has 2 fully saturated rings. The average molecular weight is 353 g/mol. The Labute approximate surface area is 133 Å². The topological polar surface area (TPSA) is 48.5 Å². The molecule has 3 rings (SSSR count). The molecule has 1 amide bonds. The van der Waals surface area contributed by atoms with Gasteiger partial charge in [-0.15, -0.1) is 0 Å². The second-order valence-corrected chi connectivity index (χ2v) is 6.89. The second-order valence-electron chi connectivity index (χ2n) is 5.98. The largest absolute Gasteiger partial charge is 0.353 e. The zero-order chi connectivity index (χ0) is 14.9. The molecule has 1 atom stereocenters.